The Bertz CT molecular complexity index is 479. The van der Waals surface area contributed by atoms with Crippen molar-refractivity contribution in [3.05, 3.63) is 29.6 Å². The lowest BCUT2D eigenvalue weighted by atomic mass is 10.1. The molecule has 0 heterocycles. The van der Waals surface area contributed by atoms with Crippen LogP contribution in [0.5, 0.6) is 0 Å². The normalized spacial score (nSPS) is 12.9. The van der Waals surface area contributed by atoms with Crippen LogP contribution in [0.2, 0.25) is 0 Å². The molecule has 9 heteroatoms. The number of hydrogen-bond acceptors (Lipinski definition) is 3. The maximum Gasteiger partial charge on any atom is 0.418 e. The van der Waals surface area contributed by atoms with E-state index < -0.39 is 42.0 Å². The maximum absolute atomic E-state index is 12.8. The lowest BCUT2D eigenvalue weighted by molar-refractivity contribution is -0.137. The molecule has 0 aliphatic heterocycles. The molecule has 112 valence electrons. The van der Waals surface area contributed by atoms with E-state index >= 15 is 0 Å². The van der Waals surface area contributed by atoms with E-state index in [2.05, 4.69) is 5.32 Å². The van der Waals surface area contributed by atoms with Gasteiger partial charge in [0.05, 0.1) is 24.0 Å². The summed E-state index contributed by atoms with van der Waals surface area (Å²) < 4.78 is 50.7. The zero-order chi connectivity index (χ0) is 15.3. The van der Waals surface area contributed by atoms with Gasteiger partial charge in [-0.15, -0.1) is 0 Å². The van der Waals surface area contributed by atoms with Crippen molar-refractivity contribution in [1.82, 2.24) is 5.32 Å². The molecule has 0 saturated heterocycles. The van der Waals surface area contributed by atoms with Crippen LogP contribution in [0.3, 0.4) is 0 Å². The third kappa shape index (κ3) is 4.67. The lowest BCUT2D eigenvalue weighted by Crippen LogP contribution is -2.37. The highest BCUT2D eigenvalue weighted by Crippen LogP contribution is 2.35. The molecule has 0 bridgehead atoms. The van der Waals surface area contributed by atoms with Gasteiger partial charge in [-0.05, 0) is 18.2 Å². The second-order valence-electron chi connectivity index (χ2n) is 3.86. The van der Waals surface area contributed by atoms with E-state index in [0.717, 1.165) is 12.1 Å². The van der Waals surface area contributed by atoms with E-state index in [-0.39, 0.29) is 12.6 Å². The van der Waals surface area contributed by atoms with Crippen molar-refractivity contribution in [2.24, 2.45) is 0 Å². The molecule has 1 aromatic rings. The van der Waals surface area contributed by atoms with Crippen molar-refractivity contribution in [3.8, 4) is 0 Å². The minimum Gasteiger partial charge on any atom is -0.394 e. The van der Waals surface area contributed by atoms with Crippen molar-refractivity contribution >= 4 is 11.7 Å². The molecule has 0 fully saturated rings. The van der Waals surface area contributed by atoms with Crippen LogP contribution in [-0.4, -0.2) is 35.5 Å². The van der Waals surface area contributed by atoms with Gasteiger partial charge in [-0.2, -0.15) is 13.2 Å². The van der Waals surface area contributed by atoms with Crippen molar-refractivity contribution in [2.45, 2.75) is 12.3 Å². The number of carbonyl (C=O) groups is 1. The van der Waals surface area contributed by atoms with E-state index in [1.165, 1.54) is 0 Å². The molecule has 20 heavy (non-hydrogen) atoms. The number of anilines is 1. The molecular formula is C11H12F4N2O3. The zero-order valence-electron chi connectivity index (χ0n) is 10.0. The number of carbonyl (C=O) groups excluding carboxylic acids is 1. The molecule has 2 amide bonds. The van der Waals surface area contributed by atoms with Crippen molar-refractivity contribution in [1.29, 1.82) is 0 Å². The Morgan fingerprint density at radius 2 is 2.00 bits per heavy atom. The molecule has 1 atom stereocenters. The highest BCUT2D eigenvalue weighted by atomic mass is 19.4. The highest BCUT2D eigenvalue weighted by molar-refractivity contribution is 5.90. The average Bonchev–Trinajstić information content (AvgIpc) is 2.36. The first kappa shape index (κ1) is 16.2. The monoisotopic (exact) mass is 296 g/mol. The number of urea groups is 1. The van der Waals surface area contributed by atoms with Crippen LogP contribution in [0.4, 0.5) is 28.0 Å². The number of hydrogen-bond donors (Lipinski definition) is 4. The first-order valence-corrected chi connectivity index (χ1v) is 5.44. The standard InChI is InChI=1S/C11H12F4N2O3/c12-6-1-2-9(8(3-6)11(13,14)15)17-10(20)16-4-7(19)5-18/h1-3,7,18-19H,4-5H2,(H2,16,17,20). The van der Waals surface area contributed by atoms with Gasteiger partial charge in [-0.3, -0.25) is 0 Å². The highest BCUT2D eigenvalue weighted by Gasteiger charge is 2.34. The molecule has 4 N–H and O–H groups in total. The SMILES string of the molecule is O=C(NCC(O)CO)Nc1ccc(F)cc1C(F)(F)F. The Balaban J connectivity index is 2.80. The summed E-state index contributed by atoms with van der Waals surface area (Å²) in [6, 6.07) is 0.792. The van der Waals surface area contributed by atoms with Crippen molar-refractivity contribution < 1.29 is 32.6 Å². The van der Waals surface area contributed by atoms with Crippen LogP contribution in [0.1, 0.15) is 5.56 Å². The maximum atomic E-state index is 12.8. The average molecular weight is 296 g/mol. The number of rotatable bonds is 4. The van der Waals surface area contributed by atoms with E-state index in [1.807, 2.05) is 5.32 Å². The molecule has 0 aromatic heterocycles. The van der Waals surface area contributed by atoms with Crippen LogP contribution >= 0.6 is 0 Å². The van der Waals surface area contributed by atoms with Gasteiger partial charge in [0.15, 0.2) is 0 Å². The number of halogens is 4. The quantitative estimate of drug-likeness (QED) is 0.633. The Labute approximate surface area is 111 Å². The van der Waals surface area contributed by atoms with Gasteiger partial charge >= 0.3 is 12.2 Å². The predicted molar refractivity (Wildman–Crippen MR) is 61.5 cm³/mol. The van der Waals surface area contributed by atoms with E-state index in [4.69, 9.17) is 10.2 Å². The number of alkyl halides is 3. The minimum atomic E-state index is -4.82. The van der Waals surface area contributed by atoms with E-state index in [9.17, 15) is 22.4 Å². The van der Waals surface area contributed by atoms with E-state index in [1.54, 1.807) is 0 Å². The minimum absolute atomic E-state index is 0.262. The van der Waals surface area contributed by atoms with Gasteiger partial charge in [0.2, 0.25) is 0 Å². The van der Waals surface area contributed by atoms with Gasteiger partial charge in [-0.1, -0.05) is 0 Å². The Kier molecular flexibility index (Phi) is 5.28. The lowest BCUT2D eigenvalue weighted by Gasteiger charge is -2.15. The molecule has 1 unspecified atom stereocenters. The van der Waals surface area contributed by atoms with Gasteiger partial charge in [0.1, 0.15) is 5.82 Å². The second kappa shape index (κ2) is 6.53. The Hall–Kier alpha value is -1.87. The Morgan fingerprint density at radius 3 is 2.55 bits per heavy atom. The van der Waals surface area contributed by atoms with Gasteiger partial charge in [0.25, 0.3) is 0 Å². The fraction of sp³-hybridized carbons (Fsp3) is 0.364. The van der Waals surface area contributed by atoms with Crippen LogP contribution in [0.15, 0.2) is 18.2 Å². The number of benzene rings is 1. The molecule has 0 aliphatic rings. The number of aliphatic hydroxyl groups excluding tert-OH is 2. The summed E-state index contributed by atoms with van der Waals surface area (Å²) in [6.07, 6.45) is -6.05. The smallest absolute Gasteiger partial charge is 0.394 e. The number of aliphatic hydroxyl groups is 2. The zero-order valence-corrected chi connectivity index (χ0v) is 10.0. The predicted octanol–water partition coefficient (Wildman–Crippen LogP) is 1.32. The first-order chi connectivity index (χ1) is 9.24. The third-order valence-electron chi connectivity index (χ3n) is 2.24. The summed E-state index contributed by atoms with van der Waals surface area (Å²) >= 11 is 0. The molecule has 0 aliphatic carbocycles. The molecular weight excluding hydrogens is 284 g/mol. The summed E-state index contributed by atoms with van der Waals surface area (Å²) in [4.78, 5) is 11.3. The summed E-state index contributed by atoms with van der Waals surface area (Å²) in [7, 11) is 0. The summed E-state index contributed by atoms with van der Waals surface area (Å²) in [5.41, 5.74) is -1.94. The fourth-order valence-electron chi connectivity index (χ4n) is 1.30. The van der Waals surface area contributed by atoms with Crippen LogP contribution in [0, 0.1) is 5.82 Å². The molecule has 0 radical (unpaired) electrons. The van der Waals surface area contributed by atoms with E-state index in [0.29, 0.717) is 0 Å². The largest absolute Gasteiger partial charge is 0.418 e. The van der Waals surface area contributed by atoms with Crippen molar-refractivity contribution in [3.63, 3.8) is 0 Å². The Morgan fingerprint density at radius 1 is 1.35 bits per heavy atom. The topological polar surface area (TPSA) is 81.6 Å². The number of nitrogens with one attached hydrogen (secondary N) is 2. The fourth-order valence-corrected chi connectivity index (χ4v) is 1.30. The molecule has 0 spiro atoms. The number of amides is 2. The molecule has 0 saturated carbocycles. The van der Waals surface area contributed by atoms with Crippen molar-refractivity contribution in [2.75, 3.05) is 18.5 Å². The summed E-state index contributed by atoms with van der Waals surface area (Å²) in [5, 5.41) is 21.4. The summed E-state index contributed by atoms with van der Waals surface area (Å²) in [6.45, 7) is -0.949. The van der Waals surface area contributed by atoms with Crippen LogP contribution < -0.4 is 10.6 Å². The molecule has 5 nitrogen and oxygen atoms in total. The van der Waals surface area contributed by atoms with Gasteiger partial charge in [-0.25, -0.2) is 9.18 Å². The van der Waals surface area contributed by atoms with Gasteiger partial charge < -0.3 is 20.8 Å². The third-order valence-corrected chi connectivity index (χ3v) is 2.24. The first-order valence-electron chi connectivity index (χ1n) is 5.44. The van der Waals surface area contributed by atoms with Crippen LogP contribution in [0.25, 0.3) is 0 Å². The van der Waals surface area contributed by atoms with Gasteiger partial charge in [0, 0.05) is 6.54 Å². The second-order valence-corrected chi connectivity index (χ2v) is 3.86. The van der Waals surface area contributed by atoms with Crippen LogP contribution in [-0.2, 0) is 6.18 Å². The molecule has 1 aromatic carbocycles. The molecule has 1 rings (SSSR count). The summed E-state index contributed by atoms with van der Waals surface area (Å²) in [5.74, 6) is -1.08.